The van der Waals surface area contributed by atoms with E-state index in [1.54, 1.807) is 12.1 Å². The normalized spacial score (nSPS) is 10.3. The molecule has 8 heteroatoms. The van der Waals surface area contributed by atoms with Gasteiger partial charge in [-0.05, 0) is 37.1 Å². The van der Waals surface area contributed by atoms with Gasteiger partial charge < -0.3 is 10.5 Å². The highest BCUT2D eigenvalue weighted by atomic mass is 79.9. The first-order valence-corrected chi connectivity index (χ1v) is 6.39. The van der Waals surface area contributed by atoms with Crippen molar-refractivity contribution in [3.8, 4) is 11.6 Å². The first kappa shape index (κ1) is 14.2. The van der Waals surface area contributed by atoms with Crippen LogP contribution in [0.2, 0.25) is 0 Å². The van der Waals surface area contributed by atoms with E-state index in [1.807, 2.05) is 13.8 Å². The van der Waals surface area contributed by atoms with Gasteiger partial charge in [0.05, 0.1) is 4.92 Å². The zero-order valence-electron chi connectivity index (χ0n) is 10.8. The summed E-state index contributed by atoms with van der Waals surface area (Å²) in [5, 5.41) is 11.0. The van der Waals surface area contributed by atoms with Crippen molar-refractivity contribution >= 4 is 27.4 Å². The molecule has 2 N–H and O–H groups in total. The molecule has 0 bridgehead atoms. The summed E-state index contributed by atoms with van der Waals surface area (Å²) in [6.07, 6.45) is 1.12. The smallest absolute Gasteiger partial charge is 0.372 e. The third-order valence-corrected chi connectivity index (χ3v) is 3.87. The molecule has 0 unspecified atom stereocenters. The minimum absolute atomic E-state index is 0.177. The molecular weight excluding hydrogens is 328 g/mol. The van der Waals surface area contributed by atoms with Crippen molar-refractivity contribution in [3.63, 3.8) is 0 Å². The highest BCUT2D eigenvalue weighted by Crippen LogP contribution is 2.34. The van der Waals surface area contributed by atoms with Crippen LogP contribution in [0.5, 0.6) is 11.6 Å². The zero-order chi connectivity index (χ0) is 14.9. The molecule has 1 aromatic heterocycles. The summed E-state index contributed by atoms with van der Waals surface area (Å²) in [7, 11) is 0. The predicted octanol–water partition coefficient (Wildman–Crippen LogP) is 3.14. The van der Waals surface area contributed by atoms with Gasteiger partial charge in [0, 0.05) is 4.47 Å². The van der Waals surface area contributed by atoms with Gasteiger partial charge in [-0.2, -0.15) is 4.98 Å². The standard InChI is InChI=1S/C12H11BrN4O3/c1-6-3-8(4-7(2)9(6)13)20-12-10(17(18)19)11(14)15-5-16-12/h3-5H,1-2H3,(H2,14,15,16). The summed E-state index contributed by atoms with van der Waals surface area (Å²) < 4.78 is 6.43. The Morgan fingerprint density at radius 3 is 2.45 bits per heavy atom. The van der Waals surface area contributed by atoms with E-state index in [2.05, 4.69) is 25.9 Å². The number of aryl methyl sites for hydroxylation is 2. The van der Waals surface area contributed by atoms with Gasteiger partial charge in [0.2, 0.25) is 5.82 Å². The minimum atomic E-state index is -0.663. The summed E-state index contributed by atoms with van der Waals surface area (Å²) in [6.45, 7) is 3.79. The average Bonchev–Trinajstić information content (AvgIpc) is 2.35. The molecule has 20 heavy (non-hydrogen) atoms. The Hall–Kier alpha value is -2.22. The highest BCUT2D eigenvalue weighted by molar-refractivity contribution is 9.10. The van der Waals surface area contributed by atoms with Crippen LogP contribution in [0, 0.1) is 24.0 Å². The molecule has 0 aliphatic rings. The number of nitrogens with zero attached hydrogens (tertiary/aromatic N) is 3. The van der Waals surface area contributed by atoms with E-state index < -0.39 is 10.6 Å². The van der Waals surface area contributed by atoms with Crippen LogP contribution in [-0.4, -0.2) is 14.9 Å². The van der Waals surface area contributed by atoms with Gasteiger partial charge >= 0.3 is 11.6 Å². The van der Waals surface area contributed by atoms with E-state index in [9.17, 15) is 10.1 Å². The number of nitrogen functional groups attached to an aromatic ring is 1. The lowest BCUT2D eigenvalue weighted by molar-refractivity contribution is -0.385. The van der Waals surface area contributed by atoms with Crippen molar-refractivity contribution in [3.05, 3.63) is 44.2 Å². The largest absolute Gasteiger partial charge is 0.434 e. The fraction of sp³-hybridized carbons (Fsp3) is 0.167. The molecule has 0 atom stereocenters. The number of nitro groups is 1. The molecule has 0 spiro atoms. The summed E-state index contributed by atoms with van der Waals surface area (Å²) >= 11 is 3.44. The van der Waals surface area contributed by atoms with Crippen LogP contribution in [0.4, 0.5) is 11.5 Å². The molecule has 0 saturated heterocycles. The Kier molecular flexibility index (Phi) is 3.84. The maximum absolute atomic E-state index is 11.0. The Balaban J connectivity index is 2.45. The van der Waals surface area contributed by atoms with Gasteiger partial charge in [0.1, 0.15) is 12.1 Å². The fourth-order valence-corrected chi connectivity index (χ4v) is 1.93. The number of benzene rings is 1. The third-order valence-electron chi connectivity index (χ3n) is 2.62. The van der Waals surface area contributed by atoms with Crippen molar-refractivity contribution in [2.75, 3.05) is 5.73 Å². The fourth-order valence-electron chi connectivity index (χ4n) is 1.70. The Morgan fingerprint density at radius 2 is 1.90 bits per heavy atom. The van der Waals surface area contributed by atoms with E-state index >= 15 is 0 Å². The predicted molar refractivity (Wildman–Crippen MR) is 76.8 cm³/mol. The molecule has 7 nitrogen and oxygen atoms in total. The second-order valence-electron chi connectivity index (χ2n) is 4.14. The first-order chi connectivity index (χ1) is 9.40. The van der Waals surface area contributed by atoms with Crippen LogP contribution in [0.25, 0.3) is 0 Å². The van der Waals surface area contributed by atoms with Crippen molar-refractivity contribution in [2.24, 2.45) is 0 Å². The first-order valence-electron chi connectivity index (χ1n) is 5.59. The van der Waals surface area contributed by atoms with Gasteiger partial charge in [-0.15, -0.1) is 0 Å². The van der Waals surface area contributed by atoms with E-state index in [0.717, 1.165) is 21.9 Å². The van der Waals surface area contributed by atoms with Gasteiger partial charge in [-0.25, -0.2) is 4.98 Å². The molecule has 104 valence electrons. The molecule has 1 heterocycles. The van der Waals surface area contributed by atoms with Crippen LogP contribution in [-0.2, 0) is 0 Å². The molecule has 1 aromatic carbocycles. The van der Waals surface area contributed by atoms with Crippen LogP contribution in [0.15, 0.2) is 22.9 Å². The van der Waals surface area contributed by atoms with Crippen LogP contribution < -0.4 is 10.5 Å². The Labute approximate surface area is 123 Å². The average molecular weight is 339 g/mol. The number of aromatic nitrogens is 2. The lowest BCUT2D eigenvalue weighted by Crippen LogP contribution is -2.02. The molecule has 2 aromatic rings. The van der Waals surface area contributed by atoms with Gasteiger partial charge in [-0.1, -0.05) is 15.9 Å². The second kappa shape index (κ2) is 5.41. The van der Waals surface area contributed by atoms with Gasteiger partial charge in [-0.3, -0.25) is 10.1 Å². The highest BCUT2D eigenvalue weighted by Gasteiger charge is 2.23. The summed E-state index contributed by atoms with van der Waals surface area (Å²) in [5.74, 6) is 0.0404. The van der Waals surface area contributed by atoms with E-state index in [-0.39, 0.29) is 11.7 Å². The lowest BCUT2D eigenvalue weighted by atomic mass is 10.1. The number of rotatable bonds is 3. The van der Waals surface area contributed by atoms with Crippen molar-refractivity contribution < 1.29 is 9.66 Å². The van der Waals surface area contributed by atoms with E-state index in [0.29, 0.717) is 5.75 Å². The molecule has 0 aliphatic carbocycles. The number of nitrogens with two attached hydrogens (primary N) is 1. The van der Waals surface area contributed by atoms with Crippen LogP contribution in [0.1, 0.15) is 11.1 Å². The molecule has 0 radical (unpaired) electrons. The molecule has 0 amide bonds. The molecule has 0 saturated carbocycles. The number of ether oxygens (including phenoxy) is 1. The van der Waals surface area contributed by atoms with Crippen molar-refractivity contribution in [1.82, 2.24) is 9.97 Å². The maximum atomic E-state index is 11.0. The molecule has 0 fully saturated rings. The molecule has 0 aliphatic heterocycles. The van der Waals surface area contributed by atoms with Crippen LogP contribution >= 0.6 is 15.9 Å². The number of anilines is 1. The SMILES string of the molecule is Cc1cc(Oc2ncnc(N)c2[N+](=O)[O-])cc(C)c1Br. The number of hydrogen-bond acceptors (Lipinski definition) is 6. The topological polar surface area (TPSA) is 104 Å². The van der Waals surface area contributed by atoms with E-state index in [4.69, 9.17) is 10.5 Å². The quantitative estimate of drug-likeness (QED) is 0.680. The van der Waals surface area contributed by atoms with Gasteiger partial charge in [0.25, 0.3) is 0 Å². The van der Waals surface area contributed by atoms with Gasteiger partial charge in [0.15, 0.2) is 0 Å². The Morgan fingerprint density at radius 1 is 1.30 bits per heavy atom. The number of hydrogen-bond donors (Lipinski definition) is 1. The van der Waals surface area contributed by atoms with E-state index in [1.165, 1.54) is 0 Å². The molecular formula is C12H11BrN4O3. The summed E-state index contributed by atoms with van der Waals surface area (Å²) in [4.78, 5) is 17.7. The Bertz CT molecular complexity index is 667. The second-order valence-corrected chi connectivity index (χ2v) is 4.94. The maximum Gasteiger partial charge on any atom is 0.372 e. The molecule has 2 rings (SSSR count). The zero-order valence-corrected chi connectivity index (χ0v) is 12.3. The minimum Gasteiger partial charge on any atom is -0.434 e. The monoisotopic (exact) mass is 338 g/mol. The lowest BCUT2D eigenvalue weighted by Gasteiger charge is -2.09. The summed E-state index contributed by atoms with van der Waals surface area (Å²) in [5.41, 5.74) is 6.94. The van der Waals surface area contributed by atoms with Crippen molar-refractivity contribution in [2.45, 2.75) is 13.8 Å². The number of halogens is 1. The summed E-state index contributed by atoms with van der Waals surface area (Å²) in [6, 6.07) is 3.50. The van der Waals surface area contributed by atoms with Crippen LogP contribution in [0.3, 0.4) is 0 Å². The van der Waals surface area contributed by atoms with Crippen molar-refractivity contribution in [1.29, 1.82) is 0 Å². The third kappa shape index (κ3) is 2.69.